The zero-order valence-electron chi connectivity index (χ0n) is 14.1. The van der Waals surface area contributed by atoms with E-state index in [0.29, 0.717) is 16.8 Å². The molecule has 1 atom stereocenters. The molecule has 0 aliphatic heterocycles. The SMILES string of the molecule is CC(=O)c1cccc(NC(=O)[C@H](C)OC(=O)c2ccc(C)c(F)c2)c1. The zero-order valence-corrected chi connectivity index (χ0v) is 14.1. The molecule has 130 valence electrons. The van der Waals surface area contributed by atoms with Gasteiger partial charge in [-0.05, 0) is 50.6 Å². The Morgan fingerprint density at radius 3 is 2.44 bits per heavy atom. The third-order valence-electron chi connectivity index (χ3n) is 3.60. The number of esters is 1. The molecule has 5 nitrogen and oxygen atoms in total. The topological polar surface area (TPSA) is 72.5 Å². The van der Waals surface area contributed by atoms with Gasteiger partial charge in [-0.1, -0.05) is 18.2 Å². The number of Topliss-reactive ketones (excluding diaryl/α,β-unsaturated/α-hetero) is 1. The van der Waals surface area contributed by atoms with E-state index in [4.69, 9.17) is 4.74 Å². The minimum atomic E-state index is -1.09. The number of halogens is 1. The maximum atomic E-state index is 13.5. The normalized spacial score (nSPS) is 11.5. The van der Waals surface area contributed by atoms with Crippen molar-refractivity contribution in [2.45, 2.75) is 26.9 Å². The van der Waals surface area contributed by atoms with Crippen LogP contribution in [0.25, 0.3) is 0 Å². The first-order valence-electron chi connectivity index (χ1n) is 7.67. The molecule has 25 heavy (non-hydrogen) atoms. The fourth-order valence-corrected chi connectivity index (χ4v) is 2.06. The van der Waals surface area contributed by atoms with Crippen LogP contribution in [0, 0.1) is 12.7 Å². The average molecular weight is 343 g/mol. The third kappa shape index (κ3) is 4.73. The lowest BCUT2D eigenvalue weighted by molar-refractivity contribution is -0.123. The van der Waals surface area contributed by atoms with E-state index in [1.807, 2.05) is 0 Å². The Bertz CT molecular complexity index is 832. The molecule has 2 rings (SSSR count). The fraction of sp³-hybridized carbons (Fsp3) is 0.211. The number of anilines is 1. The molecule has 0 unspecified atom stereocenters. The number of carbonyl (C=O) groups is 3. The molecule has 0 aromatic heterocycles. The summed E-state index contributed by atoms with van der Waals surface area (Å²) in [4.78, 5) is 35.5. The number of ketones is 1. The van der Waals surface area contributed by atoms with E-state index in [0.717, 1.165) is 6.07 Å². The molecule has 2 aromatic rings. The van der Waals surface area contributed by atoms with Crippen molar-refractivity contribution < 1.29 is 23.5 Å². The largest absolute Gasteiger partial charge is 0.449 e. The van der Waals surface area contributed by atoms with Crippen LogP contribution in [0.3, 0.4) is 0 Å². The Hall–Kier alpha value is -3.02. The van der Waals surface area contributed by atoms with Crippen molar-refractivity contribution in [2.75, 3.05) is 5.32 Å². The number of carbonyl (C=O) groups excluding carboxylic acids is 3. The van der Waals surface area contributed by atoms with Crippen molar-refractivity contribution in [1.29, 1.82) is 0 Å². The van der Waals surface area contributed by atoms with Gasteiger partial charge in [0.1, 0.15) is 5.82 Å². The highest BCUT2D eigenvalue weighted by molar-refractivity contribution is 5.99. The lowest BCUT2D eigenvalue weighted by Crippen LogP contribution is -2.30. The molecule has 0 heterocycles. The number of aryl methyl sites for hydroxylation is 1. The molecule has 2 aromatic carbocycles. The average Bonchev–Trinajstić information content (AvgIpc) is 2.57. The Labute approximate surface area is 144 Å². The molecular weight excluding hydrogens is 325 g/mol. The second-order valence-corrected chi connectivity index (χ2v) is 5.64. The van der Waals surface area contributed by atoms with Crippen molar-refractivity contribution in [3.63, 3.8) is 0 Å². The van der Waals surface area contributed by atoms with Crippen LogP contribution in [-0.2, 0) is 9.53 Å². The van der Waals surface area contributed by atoms with E-state index in [1.54, 1.807) is 25.1 Å². The van der Waals surface area contributed by atoms with Gasteiger partial charge in [-0.15, -0.1) is 0 Å². The molecule has 0 spiro atoms. The Balaban J connectivity index is 2.02. The molecule has 0 fully saturated rings. The molecule has 0 saturated heterocycles. The first-order valence-corrected chi connectivity index (χ1v) is 7.67. The van der Waals surface area contributed by atoms with Gasteiger partial charge in [0.05, 0.1) is 5.56 Å². The highest BCUT2D eigenvalue weighted by atomic mass is 19.1. The summed E-state index contributed by atoms with van der Waals surface area (Å²) in [6, 6.07) is 10.4. The fourth-order valence-electron chi connectivity index (χ4n) is 2.06. The number of hydrogen-bond acceptors (Lipinski definition) is 4. The summed E-state index contributed by atoms with van der Waals surface area (Å²) in [6.07, 6.45) is -1.09. The summed E-state index contributed by atoms with van der Waals surface area (Å²) < 4.78 is 18.6. The van der Waals surface area contributed by atoms with E-state index in [1.165, 1.54) is 32.0 Å². The number of nitrogens with one attached hydrogen (secondary N) is 1. The van der Waals surface area contributed by atoms with Crippen LogP contribution in [0.15, 0.2) is 42.5 Å². The summed E-state index contributed by atoms with van der Waals surface area (Å²) in [5.41, 5.74) is 1.31. The predicted molar refractivity (Wildman–Crippen MR) is 91.1 cm³/mol. The van der Waals surface area contributed by atoms with Crippen molar-refractivity contribution in [2.24, 2.45) is 0 Å². The first kappa shape index (κ1) is 18.3. The van der Waals surface area contributed by atoms with Gasteiger partial charge in [-0.2, -0.15) is 0 Å². The van der Waals surface area contributed by atoms with Gasteiger partial charge in [0.25, 0.3) is 5.91 Å². The number of hydrogen-bond donors (Lipinski definition) is 1. The van der Waals surface area contributed by atoms with Crippen LogP contribution in [0.2, 0.25) is 0 Å². The van der Waals surface area contributed by atoms with Crippen LogP contribution < -0.4 is 5.32 Å². The molecule has 0 saturated carbocycles. The Morgan fingerprint density at radius 2 is 1.80 bits per heavy atom. The molecule has 0 radical (unpaired) electrons. The highest BCUT2D eigenvalue weighted by Crippen LogP contribution is 2.14. The monoisotopic (exact) mass is 343 g/mol. The van der Waals surface area contributed by atoms with Crippen molar-refractivity contribution in [3.05, 3.63) is 65.0 Å². The van der Waals surface area contributed by atoms with Crippen molar-refractivity contribution in [3.8, 4) is 0 Å². The first-order chi connectivity index (χ1) is 11.8. The second-order valence-electron chi connectivity index (χ2n) is 5.64. The third-order valence-corrected chi connectivity index (χ3v) is 3.60. The summed E-state index contributed by atoms with van der Waals surface area (Å²) in [7, 11) is 0. The minimum absolute atomic E-state index is 0.0290. The molecule has 0 aliphatic rings. The summed E-state index contributed by atoms with van der Waals surface area (Å²) in [5.74, 6) is -2.00. The Kier molecular flexibility index (Phi) is 5.64. The van der Waals surface area contributed by atoms with E-state index in [9.17, 15) is 18.8 Å². The number of ether oxygens (including phenoxy) is 1. The van der Waals surface area contributed by atoms with E-state index < -0.39 is 23.8 Å². The summed E-state index contributed by atoms with van der Waals surface area (Å²) in [5, 5.41) is 2.57. The molecule has 0 bridgehead atoms. The molecule has 1 amide bonds. The van der Waals surface area contributed by atoms with Crippen molar-refractivity contribution in [1.82, 2.24) is 0 Å². The van der Waals surface area contributed by atoms with Gasteiger partial charge in [0.15, 0.2) is 11.9 Å². The van der Waals surface area contributed by atoms with E-state index in [2.05, 4.69) is 5.32 Å². The van der Waals surface area contributed by atoms with Gasteiger partial charge in [0, 0.05) is 11.3 Å². The van der Waals surface area contributed by atoms with Gasteiger partial charge in [-0.3, -0.25) is 9.59 Å². The number of amides is 1. The maximum Gasteiger partial charge on any atom is 0.339 e. The number of benzene rings is 2. The van der Waals surface area contributed by atoms with Crippen LogP contribution in [0.4, 0.5) is 10.1 Å². The molecular formula is C19H18FNO4. The predicted octanol–water partition coefficient (Wildman–Crippen LogP) is 3.52. The van der Waals surface area contributed by atoms with Gasteiger partial charge in [-0.25, -0.2) is 9.18 Å². The van der Waals surface area contributed by atoms with Gasteiger partial charge >= 0.3 is 5.97 Å². The maximum absolute atomic E-state index is 13.5. The van der Waals surface area contributed by atoms with Crippen LogP contribution in [0.5, 0.6) is 0 Å². The van der Waals surface area contributed by atoms with Crippen LogP contribution >= 0.6 is 0 Å². The lowest BCUT2D eigenvalue weighted by Gasteiger charge is -2.14. The standard InChI is InChI=1S/C19H18FNO4/c1-11-7-8-15(10-17(11)20)19(24)25-13(3)18(23)21-16-6-4-5-14(9-16)12(2)22/h4-10,13H,1-3H3,(H,21,23)/t13-/m0/s1. The molecule has 1 N–H and O–H groups in total. The van der Waals surface area contributed by atoms with E-state index in [-0.39, 0.29) is 11.3 Å². The molecule has 0 aliphatic carbocycles. The summed E-state index contributed by atoms with van der Waals surface area (Å²) in [6.45, 7) is 4.41. The van der Waals surface area contributed by atoms with Gasteiger partial charge < -0.3 is 10.1 Å². The second kappa shape index (κ2) is 7.70. The van der Waals surface area contributed by atoms with Crippen LogP contribution in [-0.4, -0.2) is 23.8 Å². The number of rotatable bonds is 5. The lowest BCUT2D eigenvalue weighted by atomic mass is 10.1. The van der Waals surface area contributed by atoms with Crippen LogP contribution in [0.1, 0.15) is 40.1 Å². The van der Waals surface area contributed by atoms with E-state index >= 15 is 0 Å². The van der Waals surface area contributed by atoms with Gasteiger partial charge in [0.2, 0.25) is 0 Å². The Morgan fingerprint density at radius 1 is 1.08 bits per heavy atom. The zero-order chi connectivity index (χ0) is 18.6. The molecule has 6 heteroatoms. The quantitative estimate of drug-likeness (QED) is 0.666. The summed E-state index contributed by atoms with van der Waals surface area (Å²) >= 11 is 0. The minimum Gasteiger partial charge on any atom is -0.449 e. The smallest absolute Gasteiger partial charge is 0.339 e. The van der Waals surface area contributed by atoms with Crippen molar-refractivity contribution >= 4 is 23.3 Å². The highest BCUT2D eigenvalue weighted by Gasteiger charge is 2.20.